The average molecular weight is 451 g/mol. The Labute approximate surface area is 202 Å². The van der Waals surface area contributed by atoms with Crippen molar-refractivity contribution in [3.63, 3.8) is 0 Å². The first-order valence-electron chi connectivity index (χ1n) is 13.4. The first-order valence-corrected chi connectivity index (χ1v) is 13.4. The maximum Gasteiger partial charge on any atom is 0.0166 e. The van der Waals surface area contributed by atoms with Crippen molar-refractivity contribution < 1.29 is 0 Å². The highest BCUT2D eigenvalue weighted by Gasteiger charge is 2.21. The zero-order valence-electron chi connectivity index (χ0n) is 23.5. The molecular formula is C28H58N4. The molecule has 2 rings (SSSR count). The molecule has 0 aromatic rings. The summed E-state index contributed by atoms with van der Waals surface area (Å²) in [6.45, 7) is 32.2. The van der Waals surface area contributed by atoms with Crippen molar-refractivity contribution in [3.05, 3.63) is 11.6 Å². The lowest BCUT2D eigenvalue weighted by molar-refractivity contribution is 0.156. The third-order valence-electron chi connectivity index (χ3n) is 6.81. The Morgan fingerprint density at radius 1 is 0.812 bits per heavy atom. The number of likely N-dealkylation sites (tertiary alicyclic amines) is 1. The number of hydrogen-bond acceptors (Lipinski definition) is 4. The monoisotopic (exact) mass is 450 g/mol. The molecule has 0 aromatic carbocycles. The van der Waals surface area contributed by atoms with Crippen LogP contribution in [0.2, 0.25) is 0 Å². The van der Waals surface area contributed by atoms with Gasteiger partial charge < -0.3 is 15.5 Å². The first kappa shape index (κ1) is 29.6. The molecule has 1 saturated heterocycles. The Bertz CT molecular complexity index is 517. The van der Waals surface area contributed by atoms with Gasteiger partial charge >= 0.3 is 0 Å². The molecule has 0 aliphatic carbocycles. The molecule has 2 aliphatic rings. The molecule has 2 N–H and O–H groups in total. The Balaban J connectivity index is 0.000000320. The predicted molar refractivity (Wildman–Crippen MR) is 143 cm³/mol. The molecule has 0 saturated carbocycles. The van der Waals surface area contributed by atoms with Crippen molar-refractivity contribution in [2.24, 2.45) is 17.8 Å². The maximum absolute atomic E-state index is 3.56. The van der Waals surface area contributed by atoms with Gasteiger partial charge in [-0.3, -0.25) is 4.90 Å². The minimum Gasteiger partial charge on any atom is -0.311 e. The van der Waals surface area contributed by atoms with E-state index < -0.39 is 0 Å². The van der Waals surface area contributed by atoms with E-state index in [0.29, 0.717) is 0 Å². The second kappa shape index (κ2) is 14.1. The van der Waals surface area contributed by atoms with E-state index in [9.17, 15) is 0 Å². The lowest BCUT2D eigenvalue weighted by Crippen LogP contribution is -2.43. The van der Waals surface area contributed by atoms with Crippen molar-refractivity contribution in [1.82, 2.24) is 20.4 Å². The predicted octanol–water partition coefficient (Wildman–Crippen LogP) is 5.41. The summed E-state index contributed by atoms with van der Waals surface area (Å²) < 4.78 is 0. The summed E-state index contributed by atoms with van der Waals surface area (Å²) in [5.41, 5.74) is 2.14. The van der Waals surface area contributed by atoms with E-state index in [1.807, 2.05) is 0 Å². The van der Waals surface area contributed by atoms with Gasteiger partial charge in [0.05, 0.1) is 0 Å². The SMILES string of the molecule is CC(C)C1=CCN(CCNC(C)(C)C)CC1.CC(C)C1CCN(CCNC(C)(C)C)CC1. The molecule has 0 bridgehead atoms. The number of piperidine rings is 1. The lowest BCUT2D eigenvalue weighted by Gasteiger charge is -2.34. The van der Waals surface area contributed by atoms with Gasteiger partial charge in [-0.25, -0.2) is 0 Å². The molecular weight excluding hydrogens is 392 g/mol. The number of rotatable bonds is 8. The van der Waals surface area contributed by atoms with Gasteiger partial charge in [-0.05, 0) is 91.6 Å². The fourth-order valence-corrected chi connectivity index (χ4v) is 4.48. The summed E-state index contributed by atoms with van der Waals surface area (Å²) in [5, 5.41) is 7.10. The van der Waals surface area contributed by atoms with Gasteiger partial charge in [0.1, 0.15) is 0 Å². The Morgan fingerprint density at radius 2 is 1.31 bits per heavy atom. The zero-order valence-corrected chi connectivity index (χ0v) is 23.5. The third kappa shape index (κ3) is 14.0. The maximum atomic E-state index is 3.56. The van der Waals surface area contributed by atoms with Crippen molar-refractivity contribution in [3.8, 4) is 0 Å². The van der Waals surface area contributed by atoms with Crippen LogP contribution in [0.3, 0.4) is 0 Å². The van der Waals surface area contributed by atoms with Gasteiger partial charge in [-0.2, -0.15) is 0 Å². The fraction of sp³-hybridized carbons (Fsp3) is 0.929. The molecule has 1 fully saturated rings. The second-order valence-corrected chi connectivity index (χ2v) is 12.8. The van der Waals surface area contributed by atoms with Crippen LogP contribution in [0.1, 0.15) is 88.5 Å². The van der Waals surface area contributed by atoms with Gasteiger partial charge in [-0.15, -0.1) is 0 Å². The van der Waals surface area contributed by atoms with Crippen LogP contribution < -0.4 is 10.6 Å². The molecule has 32 heavy (non-hydrogen) atoms. The van der Waals surface area contributed by atoms with E-state index in [2.05, 4.69) is 95.7 Å². The van der Waals surface area contributed by atoms with Crippen LogP contribution in [-0.4, -0.2) is 73.2 Å². The Hall–Kier alpha value is -0.420. The molecule has 0 unspecified atom stereocenters. The van der Waals surface area contributed by atoms with Crippen LogP contribution >= 0.6 is 0 Å². The average Bonchev–Trinajstić information content (AvgIpc) is 2.67. The van der Waals surface area contributed by atoms with Crippen LogP contribution in [0.25, 0.3) is 0 Å². The number of nitrogens with zero attached hydrogens (tertiary/aromatic N) is 2. The summed E-state index contributed by atoms with van der Waals surface area (Å²) in [4.78, 5) is 5.14. The van der Waals surface area contributed by atoms with E-state index in [1.165, 1.54) is 52.0 Å². The normalized spacial score (nSPS) is 19.8. The van der Waals surface area contributed by atoms with Gasteiger partial charge in [-0.1, -0.05) is 39.3 Å². The molecule has 0 amide bonds. The highest BCUT2D eigenvalue weighted by molar-refractivity contribution is 5.09. The van der Waals surface area contributed by atoms with Crippen LogP contribution in [-0.2, 0) is 0 Å². The Kier molecular flexibility index (Phi) is 13.0. The second-order valence-electron chi connectivity index (χ2n) is 12.8. The summed E-state index contributed by atoms with van der Waals surface area (Å²) in [6.07, 6.45) is 6.47. The molecule has 0 spiro atoms. The molecule has 0 atom stereocenters. The van der Waals surface area contributed by atoms with E-state index in [-0.39, 0.29) is 11.1 Å². The summed E-state index contributed by atoms with van der Waals surface area (Å²) in [7, 11) is 0. The van der Waals surface area contributed by atoms with E-state index in [4.69, 9.17) is 0 Å². The highest BCUT2D eigenvalue weighted by atomic mass is 15.2. The summed E-state index contributed by atoms with van der Waals surface area (Å²) in [6, 6.07) is 0. The molecule has 190 valence electrons. The molecule has 0 aromatic heterocycles. The first-order chi connectivity index (χ1) is 14.8. The van der Waals surface area contributed by atoms with Gasteiger partial charge in [0.15, 0.2) is 0 Å². The highest BCUT2D eigenvalue weighted by Crippen LogP contribution is 2.24. The van der Waals surface area contributed by atoms with Crippen LogP contribution in [0.5, 0.6) is 0 Å². The summed E-state index contributed by atoms with van der Waals surface area (Å²) in [5.74, 6) is 2.57. The van der Waals surface area contributed by atoms with E-state index in [0.717, 1.165) is 37.4 Å². The largest absolute Gasteiger partial charge is 0.311 e. The Morgan fingerprint density at radius 3 is 1.69 bits per heavy atom. The third-order valence-corrected chi connectivity index (χ3v) is 6.81. The van der Waals surface area contributed by atoms with Crippen molar-refractivity contribution in [2.75, 3.05) is 52.4 Å². The van der Waals surface area contributed by atoms with Crippen LogP contribution in [0.15, 0.2) is 11.6 Å². The van der Waals surface area contributed by atoms with E-state index >= 15 is 0 Å². The quantitative estimate of drug-likeness (QED) is 0.484. The lowest BCUT2D eigenvalue weighted by atomic mass is 9.87. The van der Waals surface area contributed by atoms with Crippen LogP contribution in [0, 0.1) is 17.8 Å². The zero-order chi connectivity index (χ0) is 24.4. The number of nitrogens with one attached hydrogen (secondary N) is 2. The molecule has 4 nitrogen and oxygen atoms in total. The fourth-order valence-electron chi connectivity index (χ4n) is 4.48. The minimum absolute atomic E-state index is 0.245. The van der Waals surface area contributed by atoms with E-state index in [1.54, 1.807) is 5.57 Å². The molecule has 4 heteroatoms. The minimum atomic E-state index is 0.245. The van der Waals surface area contributed by atoms with Crippen molar-refractivity contribution >= 4 is 0 Å². The standard InChI is InChI=1S/C14H30N2.C14H28N2/c2*1-12(2)13-6-9-16(10-7-13)11-8-15-14(3,4)5/h12-13,15H,6-11H2,1-5H3;6,12,15H,7-11H2,1-5H3. The smallest absolute Gasteiger partial charge is 0.0166 e. The summed E-state index contributed by atoms with van der Waals surface area (Å²) >= 11 is 0. The van der Waals surface area contributed by atoms with Gasteiger partial charge in [0.25, 0.3) is 0 Å². The molecule has 2 aliphatic heterocycles. The van der Waals surface area contributed by atoms with Crippen molar-refractivity contribution in [2.45, 2.75) is 99.6 Å². The molecule has 2 heterocycles. The van der Waals surface area contributed by atoms with Gasteiger partial charge in [0, 0.05) is 50.3 Å². The van der Waals surface area contributed by atoms with Gasteiger partial charge in [0.2, 0.25) is 0 Å². The molecule has 0 radical (unpaired) electrons. The topological polar surface area (TPSA) is 30.5 Å². The van der Waals surface area contributed by atoms with Crippen molar-refractivity contribution in [1.29, 1.82) is 0 Å². The van der Waals surface area contributed by atoms with Crippen LogP contribution in [0.4, 0.5) is 0 Å². The number of hydrogen-bond donors (Lipinski definition) is 2.